The highest BCUT2D eigenvalue weighted by atomic mass is 31.2. The number of Topliss-reactive ketones (excluding diaryl/α,β-unsaturated/α-hetero) is 1. The Morgan fingerprint density at radius 2 is 1.80 bits per heavy atom. The normalized spacial score (nSPS) is 11.3. The molecule has 0 unspecified atom stereocenters. The molecular formula is C12H16NO6P. The lowest BCUT2D eigenvalue weighted by Crippen LogP contribution is -2.12. The molecule has 0 aromatic heterocycles. The van der Waals surface area contributed by atoms with Gasteiger partial charge >= 0.3 is 7.60 Å². The van der Waals surface area contributed by atoms with Gasteiger partial charge in [0.05, 0.1) is 23.7 Å². The van der Waals surface area contributed by atoms with Crippen LogP contribution in [0.1, 0.15) is 24.2 Å². The Kier molecular flexibility index (Phi) is 6.01. The SMILES string of the molecule is CCOP(=O)(CC(=O)c1ccccc1[N+](=O)[O-])OCC. The van der Waals surface area contributed by atoms with Gasteiger partial charge in [-0.25, -0.2) is 0 Å². The van der Waals surface area contributed by atoms with Crippen molar-refractivity contribution in [2.75, 3.05) is 19.4 Å². The van der Waals surface area contributed by atoms with Crippen LogP contribution in [0.15, 0.2) is 24.3 Å². The molecule has 8 heteroatoms. The predicted octanol–water partition coefficient (Wildman–Crippen LogP) is 3.04. The van der Waals surface area contributed by atoms with E-state index in [4.69, 9.17) is 9.05 Å². The minimum absolute atomic E-state index is 0.0999. The number of para-hydroxylation sites is 1. The molecule has 1 rings (SSSR count). The zero-order valence-corrected chi connectivity index (χ0v) is 12.2. The highest BCUT2D eigenvalue weighted by molar-refractivity contribution is 7.54. The van der Waals surface area contributed by atoms with Crippen molar-refractivity contribution in [3.63, 3.8) is 0 Å². The summed E-state index contributed by atoms with van der Waals surface area (Å²) in [6.45, 7) is 3.51. The minimum Gasteiger partial charge on any atom is -0.309 e. The number of hydrogen-bond donors (Lipinski definition) is 0. The van der Waals surface area contributed by atoms with E-state index in [9.17, 15) is 19.5 Å². The third-order valence-corrected chi connectivity index (χ3v) is 4.37. The second-order valence-corrected chi connectivity index (χ2v) is 5.86. The second kappa shape index (κ2) is 7.28. The van der Waals surface area contributed by atoms with Gasteiger partial charge in [-0.3, -0.25) is 19.5 Å². The lowest BCUT2D eigenvalue weighted by atomic mass is 10.1. The third kappa shape index (κ3) is 4.23. The van der Waals surface area contributed by atoms with Crippen molar-refractivity contribution in [2.45, 2.75) is 13.8 Å². The molecule has 0 fully saturated rings. The average molecular weight is 301 g/mol. The van der Waals surface area contributed by atoms with E-state index >= 15 is 0 Å². The van der Waals surface area contributed by atoms with Crippen LogP contribution in [0.25, 0.3) is 0 Å². The average Bonchev–Trinajstić information content (AvgIpc) is 2.38. The summed E-state index contributed by atoms with van der Waals surface area (Å²) < 4.78 is 22.3. The zero-order chi connectivity index (χ0) is 15.2. The molecule has 0 amide bonds. The first-order chi connectivity index (χ1) is 9.43. The molecule has 0 aliphatic carbocycles. The van der Waals surface area contributed by atoms with Crippen LogP contribution in [0.3, 0.4) is 0 Å². The number of nitro groups is 1. The maximum atomic E-state index is 12.2. The van der Waals surface area contributed by atoms with Gasteiger partial charge in [0, 0.05) is 6.07 Å². The van der Waals surface area contributed by atoms with E-state index in [0.717, 1.165) is 0 Å². The van der Waals surface area contributed by atoms with E-state index in [-0.39, 0.29) is 24.5 Å². The van der Waals surface area contributed by atoms with Crippen molar-refractivity contribution in [2.24, 2.45) is 0 Å². The molecule has 0 saturated carbocycles. The van der Waals surface area contributed by atoms with Gasteiger partial charge in [0.15, 0.2) is 5.78 Å². The summed E-state index contributed by atoms with van der Waals surface area (Å²) in [4.78, 5) is 22.3. The van der Waals surface area contributed by atoms with Crippen molar-refractivity contribution >= 4 is 19.1 Å². The van der Waals surface area contributed by atoms with Crippen LogP contribution >= 0.6 is 7.60 Å². The van der Waals surface area contributed by atoms with E-state index in [1.807, 2.05) is 0 Å². The largest absolute Gasteiger partial charge is 0.338 e. The molecule has 110 valence electrons. The third-order valence-electron chi connectivity index (χ3n) is 2.39. The highest BCUT2D eigenvalue weighted by Crippen LogP contribution is 2.48. The summed E-state index contributed by atoms with van der Waals surface area (Å²) in [6, 6.07) is 5.51. The van der Waals surface area contributed by atoms with Crippen LogP contribution in [0, 0.1) is 10.1 Å². The Morgan fingerprint density at radius 1 is 1.25 bits per heavy atom. The van der Waals surface area contributed by atoms with Crippen LogP contribution < -0.4 is 0 Å². The maximum Gasteiger partial charge on any atom is 0.338 e. The van der Waals surface area contributed by atoms with Crippen molar-refractivity contribution in [1.29, 1.82) is 0 Å². The summed E-state index contributed by atoms with van der Waals surface area (Å²) in [7, 11) is -3.56. The van der Waals surface area contributed by atoms with E-state index in [0.29, 0.717) is 0 Å². The number of nitrogens with zero attached hydrogens (tertiary/aromatic N) is 1. The molecule has 1 aromatic rings. The van der Waals surface area contributed by atoms with Crippen molar-refractivity contribution in [1.82, 2.24) is 0 Å². The van der Waals surface area contributed by atoms with Gasteiger partial charge < -0.3 is 9.05 Å². The van der Waals surface area contributed by atoms with Gasteiger partial charge in [-0.05, 0) is 19.9 Å². The number of hydrogen-bond acceptors (Lipinski definition) is 6. The molecule has 1 aromatic carbocycles. The summed E-state index contributed by atoms with van der Waals surface area (Å²) in [5.74, 6) is -0.637. The first-order valence-corrected chi connectivity index (χ1v) is 7.81. The summed E-state index contributed by atoms with van der Waals surface area (Å²) in [5.41, 5.74) is -0.422. The Bertz CT molecular complexity index is 535. The summed E-state index contributed by atoms with van der Waals surface area (Å²) in [5, 5.41) is 10.9. The molecule has 0 heterocycles. The first-order valence-electron chi connectivity index (χ1n) is 6.08. The van der Waals surface area contributed by atoms with Crippen LogP contribution in [-0.4, -0.2) is 30.1 Å². The van der Waals surface area contributed by atoms with Crippen molar-refractivity contribution < 1.29 is 23.3 Å². The fourth-order valence-electron chi connectivity index (χ4n) is 1.65. The molecule has 0 aliphatic rings. The summed E-state index contributed by atoms with van der Waals surface area (Å²) in [6.07, 6.45) is -0.514. The molecule has 0 N–H and O–H groups in total. The lowest BCUT2D eigenvalue weighted by molar-refractivity contribution is -0.385. The van der Waals surface area contributed by atoms with Gasteiger partial charge in [-0.15, -0.1) is 0 Å². The quantitative estimate of drug-likeness (QED) is 0.317. The standard InChI is InChI=1S/C12H16NO6P/c1-3-18-20(17,19-4-2)9-12(14)10-7-5-6-8-11(10)13(15)16/h5-8H,3-4,9H2,1-2H3. The first kappa shape index (κ1) is 16.5. The molecule has 0 bridgehead atoms. The van der Waals surface area contributed by atoms with Gasteiger partial charge in [-0.1, -0.05) is 12.1 Å². The Hall–Kier alpha value is -1.56. The minimum atomic E-state index is -3.56. The number of benzene rings is 1. The number of carbonyl (C=O) groups excluding carboxylic acids is 1. The second-order valence-electron chi connectivity index (χ2n) is 3.80. The molecule has 0 spiro atoms. The van der Waals surface area contributed by atoms with E-state index in [2.05, 4.69) is 0 Å². The smallest absolute Gasteiger partial charge is 0.309 e. The van der Waals surface area contributed by atoms with E-state index in [1.165, 1.54) is 24.3 Å². The fraction of sp³-hybridized carbons (Fsp3) is 0.417. The van der Waals surface area contributed by atoms with Crippen LogP contribution in [0.2, 0.25) is 0 Å². The van der Waals surface area contributed by atoms with E-state index in [1.54, 1.807) is 13.8 Å². The molecule has 0 aliphatic heterocycles. The topological polar surface area (TPSA) is 95.7 Å². The number of carbonyl (C=O) groups is 1. The van der Waals surface area contributed by atoms with Crippen LogP contribution in [0.5, 0.6) is 0 Å². The van der Waals surface area contributed by atoms with E-state index < -0.39 is 24.5 Å². The molecule has 7 nitrogen and oxygen atoms in total. The number of nitro benzene ring substituents is 1. The van der Waals surface area contributed by atoms with Gasteiger partial charge in [0.2, 0.25) is 0 Å². The Labute approximate surface area is 116 Å². The van der Waals surface area contributed by atoms with Gasteiger partial charge in [0.1, 0.15) is 6.16 Å². The predicted molar refractivity (Wildman–Crippen MR) is 73.2 cm³/mol. The Morgan fingerprint density at radius 3 is 2.30 bits per heavy atom. The summed E-state index contributed by atoms with van der Waals surface area (Å²) >= 11 is 0. The highest BCUT2D eigenvalue weighted by Gasteiger charge is 2.31. The fourth-order valence-corrected chi connectivity index (χ4v) is 3.22. The molecule has 20 heavy (non-hydrogen) atoms. The molecule has 0 atom stereocenters. The molecule has 0 radical (unpaired) electrons. The van der Waals surface area contributed by atoms with Crippen LogP contribution in [-0.2, 0) is 13.6 Å². The van der Waals surface area contributed by atoms with Gasteiger partial charge in [-0.2, -0.15) is 0 Å². The monoisotopic (exact) mass is 301 g/mol. The number of ketones is 1. The van der Waals surface area contributed by atoms with Crippen molar-refractivity contribution in [3.8, 4) is 0 Å². The zero-order valence-electron chi connectivity index (χ0n) is 11.3. The Balaban J connectivity index is 3.01. The number of rotatable bonds is 8. The molecular weight excluding hydrogens is 285 g/mol. The maximum absolute atomic E-state index is 12.2. The lowest BCUT2D eigenvalue weighted by Gasteiger charge is -2.16. The molecule has 0 saturated heterocycles. The van der Waals surface area contributed by atoms with Crippen LogP contribution in [0.4, 0.5) is 5.69 Å². The van der Waals surface area contributed by atoms with Crippen molar-refractivity contribution in [3.05, 3.63) is 39.9 Å². The van der Waals surface area contributed by atoms with Gasteiger partial charge in [0.25, 0.3) is 5.69 Å².